The third kappa shape index (κ3) is 1.98. The maximum Gasteiger partial charge on any atom is 0.143 e. The van der Waals surface area contributed by atoms with Crippen molar-refractivity contribution in [1.29, 1.82) is 5.26 Å². The van der Waals surface area contributed by atoms with Crippen molar-refractivity contribution >= 4 is 27.8 Å². The Morgan fingerprint density at radius 1 is 1.27 bits per heavy atom. The van der Waals surface area contributed by atoms with Crippen molar-refractivity contribution < 1.29 is 0 Å². The number of benzene rings is 1. The first-order valence-electron chi connectivity index (χ1n) is 7.43. The lowest BCUT2D eigenvalue weighted by atomic mass is 10.1. The first-order valence-corrected chi connectivity index (χ1v) is 7.43. The molecule has 1 aliphatic rings. The second-order valence-corrected chi connectivity index (χ2v) is 5.74. The van der Waals surface area contributed by atoms with E-state index in [1.165, 1.54) is 0 Å². The molecule has 0 spiro atoms. The van der Waals surface area contributed by atoms with E-state index in [1.807, 2.05) is 18.2 Å². The molecule has 6 nitrogen and oxygen atoms in total. The first-order chi connectivity index (χ1) is 10.8. The molecule has 22 heavy (non-hydrogen) atoms. The molecule has 0 amide bonds. The minimum absolute atomic E-state index is 0.287. The van der Waals surface area contributed by atoms with Gasteiger partial charge in [-0.1, -0.05) is 6.07 Å². The first kappa shape index (κ1) is 13.0. The Kier molecular flexibility index (Phi) is 2.94. The van der Waals surface area contributed by atoms with E-state index in [0.717, 1.165) is 53.7 Å². The number of nitriles is 1. The van der Waals surface area contributed by atoms with Crippen LogP contribution in [0.1, 0.15) is 18.4 Å². The van der Waals surface area contributed by atoms with Crippen molar-refractivity contribution in [3.8, 4) is 6.07 Å². The molecule has 1 fully saturated rings. The van der Waals surface area contributed by atoms with Crippen molar-refractivity contribution in [2.75, 3.05) is 18.0 Å². The van der Waals surface area contributed by atoms with Crippen LogP contribution in [0.4, 0.5) is 5.82 Å². The molecule has 0 unspecified atom stereocenters. The van der Waals surface area contributed by atoms with Crippen LogP contribution in [0.5, 0.6) is 0 Å². The Morgan fingerprint density at radius 3 is 2.86 bits per heavy atom. The van der Waals surface area contributed by atoms with E-state index in [1.54, 1.807) is 6.33 Å². The van der Waals surface area contributed by atoms with Gasteiger partial charge in [0.2, 0.25) is 0 Å². The van der Waals surface area contributed by atoms with Crippen molar-refractivity contribution in [3.63, 3.8) is 0 Å². The van der Waals surface area contributed by atoms with Gasteiger partial charge in [-0.05, 0) is 25.0 Å². The summed E-state index contributed by atoms with van der Waals surface area (Å²) in [7, 11) is 0. The molecule has 3 N–H and O–H groups in total. The Hall–Kier alpha value is -2.65. The third-order valence-corrected chi connectivity index (χ3v) is 4.34. The summed E-state index contributed by atoms with van der Waals surface area (Å²) in [6.45, 7) is 1.83. The maximum atomic E-state index is 9.04. The number of aromatic nitrogens is 3. The van der Waals surface area contributed by atoms with Crippen LogP contribution in [-0.4, -0.2) is 34.1 Å². The van der Waals surface area contributed by atoms with E-state index in [9.17, 15) is 0 Å². The lowest BCUT2D eigenvalue weighted by Gasteiger charge is -2.31. The van der Waals surface area contributed by atoms with Crippen LogP contribution in [0.2, 0.25) is 0 Å². The summed E-state index contributed by atoms with van der Waals surface area (Å²) < 4.78 is 0. The van der Waals surface area contributed by atoms with E-state index in [2.05, 4.69) is 25.9 Å². The van der Waals surface area contributed by atoms with E-state index in [-0.39, 0.29) is 6.04 Å². The van der Waals surface area contributed by atoms with Crippen LogP contribution < -0.4 is 10.6 Å². The van der Waals surface area contributed by atoms with Crippen LogP contribution in [0.25, 0.3) is 21.9 Å². The predicted octanol–water partition coefficient (Wildman–Crippen LogP) is 1.91. The number of nitrogens with two attached hydrogens (primary N) is 1. The largest absolute Gasteiger partial charge is 0.356 e. The summed E-state index contributed by atoms with van der Waals surface area (Å²) >= 11 is 0. The highest BCUT2D eigenvalue weighted by atomic mass is 15.2. The predicted molar refractivity (Wildman–Crippen MR) is 85.5 cm³/mol. The summed E-state index contributed by atoms with van der Waals surface area (Å²) in [5.74, 6) is 0.952. The highest BCUT2D eigenvalue weighted by Crippen LogP contribution is 2.32. The van der Waals surface area contributed by atoms with Crippen molar-refractivity contribution in [2.24, 2.45) is 5.73 Å². The molecule has 2 aromatic heterocycles. The van der Waals surface area contributed by atoms with Gasteiger partial charge in [0, 0.05) is 30.0 Å². The quantitative estimate of drug-likeness (QED) is 0.714. The van der Waals surface area contributed by atoms with Gasteiger partial charge in [0.05, 0.1) is 17.0 Å². The molecule has 0 aliphatic carbocycles. The minimum Gasteiger partial charge on any atom is -0.356 e. The molecule has 6 heteroatoms. The monoisotopic (exact) mass is 292 g/mol. The van der Waals surface area contributed by atoms with Gasteiger partial charge in [-0.15, -0.1) is 0 Å². The average Bonchev–Trinajstić information content (AvgIpc) is 2.93. The minimum atomic E-state index is 0.287. The van der Waals surface area contributed by atoms with E-state index in [0.29, 0.717) is 5.56 Å². The molecule has 0 atom stereocenters. The van der Waals surface area contributed by atoms with Gasteiger partial charge >= 0.3 is 0 Å². The molecule has 1 aliphatic heterocycles. The molecule has 0 bridgehead atoms. The normalized spacial score (nSPS) is 16.3. The smallest absolute Gasteiger partial charge is 0.143 e. The molecule has 4 rings (SSSR count). The van der Waals surface area contributed by atoms with Crippen LogP contribution in [-0.2, 0) is 0 Å². The summed E-state index contributed by atoms with van der Waals surface area (Å²) in [6.07, 6.45) is 3.55. The number of aromatic amines is 1. The summed E-state index contributed by atoms with van der Waals surface area (Å²) in [5, 5.41) is 11.1. The summed E-state index contributed by atoms with van der Waals surface area (Å²) in [4.78, 5) is 14.4. The van der Waals surface area contributed by atoms with Crippen LogP contribution in [0, 0.1) is 11.3 Å². The molecule has 1 aromatic carbocycles. The molecular formula is C16H16N6. The zero-order valence-corrected chi connectivity index (χ0v) is 12.1. The molecule has 1 saturated heterocycles. The van der Waals surface area contributed by atoms with Crippen molar-refractivity contribution in [3.05, 3.63) is 30.1 Å². The standard InChI is InChI=1S/C16H16N6/c17-8-10-1-2-12-13(7-10)21-15-14(12)16(20-9-19-15)22-5-3-11(18)4-6-22/h1-2,7,9,11H,3-6,18H2,(H,19,20,21). The van der Waals surface area contributed by atoms with Gasteiger partial charge in [-0.25, -0.2) is 9.97 Å². The fourth-order valence-corrected chi connectivity index (χ4v) is 3.13. The van der Waals surface area contributed by atoms with Crippen LogP contribution >= 0.6 is 0 Å². The van der Waals surface area contributed by atoms with Crippen molar-refractivity contribution in [1.82, 2.24) is 15.0 Å². The second kappa shape index (κ2) is 4.97. The number of H-pyrrole nitrogens is 1. The van der Waals surface area contributed by atoms with E-state index >= 15 is 0 Å². The fraction of sp³-hybridized carbons (Fsp3) is 0.312. The van der Waals surface area contributed by atoms with Gasteiger partial charge in [0.25, 0.3) is 0 Å². The lowest BCUT2D eigenvalue weighted by molar-refractivity contribution is 0.499. The highest BCUT2D eigenvalue weighted by Gasteiger charge is 2.21. The molecule has 3 heterocycles. The van der Waals surface area contributed by atoms with Crippen LogP contribution in [0.3, 0.4) is 0 Å². The number of hydrogen-bond acceptors (Lipinski definition) is 5. The Labute approximate surface area is 127 Å². The maximum absolute atomic E-state index is 9.04. The number of rotatable bonds is 1. The van der Waals surface area contributed by atoms with Gasteiger partial charge < -0.3 is 15.6 Å². The van der Waals surface area contributed by atoms with Crippen LogP contribution in [0.15, 0.2) is 24.5 Å². The number of nitrogens with zero attached hydrogens (tertiary/aromatic N) is 4. The van der Waals surface area contributed by atoms with Gasteiger partial charge in [-0.2, -0.15) is 5.26 Å². The SMILES string of the molecule is N#Cc1ccc2c(c1)[nH]c1ncnc(N3CCC(N)CC3)c12. The second-order valence-electron chi connectivity index (χ2n) is 5.74. The molecule has 0 saturated carbocycles. The number of nitrogens with one attached hydrogen (secondary N) is 1. The van der Waals surface area contributed by atoms with Gasteiger partial charge in [0.15, 0.2) is 0 Å². The van der Waals surface area contributed by atoms with Crippen molar-refractivity contribution in [2.45, 2.75) is 18.9 Å². The number of piperidine rings is 1. The average molecular weight is 292 g/mol. The lowest BCUT2D eigenvalue weighted by Crippen LogP contribution is -2.40. The summed E-state index contributed by atoms with van der Waals surface area (Å²) in [6, 6.07) is 8.11. The fourth-order valence-electron chi connectivity index (χ4n) is 3.13. The Balaban J connectivity index is 1.90. The molecule has 0 radical (unpaired) electrons. The van der Waals surface area contributed by atoms with Gasteiger partial charge in [-0.3, -0.25) is 0 Å². The number of fused-ring (bicyclic) bond motifs is 3. The zero-order chi connectivity index (χ0) is 15.1. The highest BCUT2D eigenvalue weighted by molar-refractivity contribution is 6.11. The summed E-state index contributed by atoms with van der Waals surface area (Å²) in [5.41, 5.74) is 8.36. The third-order valence-electron chi connectivity index (χ3n) is 4.34. The molecule has 110 valence electrons. The van der Waals surface area contributed by atoms with Gasteiger partial charge in [0.1, 0.15) is 17.8 Å². The van der Waals surface area contributed by atoms with E-state index in [4.69, 9.17) is 11.0 Å². The number of anilines is 1. The van der Waals surface area contributed by atoms with E-state index < -0.39 is 0 Å². The Morgan fingerprint density at radius 2 is 2.09 bits per heavy atom. The Bertz CT molecular complexity index is 883. The topological polar surface area (TPSA) is 94.6 Å². The zero-order valence-electron chi connectivity index (χ0n) is 12.1. The molecule has 3 aromatic rings. The number of hydrogen-bond donors (Lipinski definition) is 2. The molecular weight excluding hydrogens is 276 g/mol.